The van der Waals surface area contributed by atoms with Gasteiger partial charge in [0, 0.05) is 30.8 Å². The van der Waals surface area contributed by atoms with E-state index in [1.54, 1.807) is 0 Å². The van der Waals surface area contributed by atoms with Crippen molar-refractivity contribution in [2.24, 2.45) is 5.92 Å². The molecule has 0 bridgehead atoms. The Morgan fingerprint density at radius 2 is 1.63 bits per heavy atom. The molecule has 2 aromatic rings. The molecule has 144 valence electrons. The van der Waals surface area contributed by atoms with Gasteiger partial charge in [-0.15, -0.1) is 0 Å². The van der Waals surface area contributed by atoms with Gasteiger partial charge in [0.25, 0.3) is 0 Å². The van der Waals surface area contributed by atoms with Crippen LogP contribution < -0.4 is 5.32 Å². The highest BCUT2D eigenvalue weighted by atomic mass is 32.2. The van der Waals surface area contributed by atoms with Gasteiger partial charge in [0.15, 0.2) is 11.6 Å². The van der Waals surface area contributed by atoms with Gasteiger partial charge >= 0.3 is 0 Å². The van der Waals surface area contributed by atoms with E-state index in [9.17, 15) is 26.4 Å². The van der Waals surface area contributed by atoms with Crippen molar-refractivity contribution >= 4 is 21.6 Å². The molecule has 3 rings (SSSR count). The highest BCUT2D eigenvalue weighted by Crippen LogP contribution is 2.26. The van der Waals surface area contributed by atoms with Crippen molar-refractivity contribution in [2.45, 2.75) is 17.7 Å². The Morgan fingerprint density at radius 3 is 2.26 bits per heavy atom. The molecule has 0 aromatic heterocycles. The van der Waals surface area contributed by atoms with Crippen LogP contribution in [-0.2, 0) is 14.8 Å². The minimum absolute atomic E-state index is 0.0620. The second kappa shape index (κ2) is 7.69. The van der Waals surface area contributed by atoms with E-state index in [1.165, 1.54) is 24.3 Å². The highest BCUT2D eigenvalue weighted by molar-refractivity contribution is 7.89. The van der Waals surface area contributed by atoms with Crippen LogP contribution in [0.4, 0.5) is 18.9 Å². The predicted octanol–water partition coefficient (Wildman–Crippen LogP) is 3.14. The fraction of sp³-hybridized carbons (Fsp3) is 0.278. The number of benzene rings is 2. The zero-order valence-electron chi connectivity index (χ0n) is 14.2. The van der Waals surface area contributed by atoms with Crippen LogP contribution >= 0.6 is 0 Å². The summed E-state index contributed by atoms with van der Waals surface area (Å²) in [6, 6.07) is 8.16. The fourth-order valence-electron chi connectivity index (χ4n) is 2.97. The summed E-state index contributed by atoms with van der Waals surface area (Å²) in [4.78, 5) is 11.9. The lowest BCUT2D eigenvalue weighted by Gasteiger charge is -2.30. The Kier molecular flexibility index (Phi) is 5.52. The predicted molar refractivity (Wildman–Crippen MR) is 92.9 cm³/mol. The Hall–Kier alpha value is -2.39. The smallest absolute Gasteiger partial charge is 0.245 e. The molecule has 0 radical (unpaired) electrons. The maximum Gasteiger partial charge on any atom is 0.245 e. The lowest BCUT2D eigenvalue weighted by molar-refractivity contribution is -0.120. The third kappa shape index (κ3) is 4.14. The molecule has 1 aliphatic rings. The lowest BCUT2D eigenvalue weighted by Crippen LogP contribution is -2.41. The molecule has 1 heterocycles. The Morgan fingerprint density at radius 1 is 0.963 bits per heavy atom. The van der Waals surface area contributed by atoms with E-state index in [1.807, 2.05) is 0 Å². The number of hydrogen-bond acceptors (Lipinski definition) is 3. The second-order valence-electron chi connectivity index (χ2n) is 6.23. The first-order valence-electron chi connectivity index (χ1n) is 8.29. The van der Waals surface area contributed by atoms with E-state index in [0.29, 0.717) is 0 Å². The second-order valence-corrected chi connectivity index (χ2v) is 8.13. The summed E-state index contributed by atoms with van der Waals surface area (Å²) < 4.78 is 66.2. The summed E-state index contributed by atoms with van der Waals surface area (Å²) in [5.41, 5.74) is 0.125. The molecule has 27 heavy (non-hydrogen) atoms. The maximum atomic E-state index is 13.8. The molecular weight excluding hydrogens is 381 g/mol. The Balaban J connectivity index is 1.63. The first kappa shape index (κ1) is 19.4. The Bertz CT molecular complexity index is 958. The Labute approximate surface area is 154 Å². The quantitative estimate of drug-likeness (QED) is 0.861. The van der Waals surface area contributed by atoms with E-state index in [2.05, 4.69) is 5.32 Å². The zero-order valence-corrected chi connectivity index (χ0v) is 15.0. The summed E-state index contributed by atoms with van der Waals surface area (Å²) in [5, 5.41) is 2.50. The van der Waals surface area contributed by atoms with Crippen molar-refractivity contribution in [3.8, 4) is 0 Å². The topological polar surface area (TPSA) is 66.5 Å². The molecule has 1 aliphatic heterocycles. The standard InChI is InChI=1S/C18H17F3N2O3S/c19-14-6-5-13(11-16(14)21)22-18(24)12-7-9-23(10-8-12)27(25,26)17-4-2-1-3-15(17)20/h1-6,11-12H,7-10H2,(H,22,24). The summed E-state index contributed by atoms with van der Waals surface area (Å²) in [7, 11) is -3.98. The molecular formula is C18H17F3N2O3S. The summed E-state index contributed by atoms with van der Waals surface area (Å²) in [6.45, 7) is 0.124. The van der Waals surface area contributed by atoms with Crippen LogP contribution in [0.15, 0.2) is 47.4 Å². The van der Waals surface area contributed by atoms with Crippen molar-refractivity contribution in [2.75, 3.05) is 18.4 Å². The third-order valence-electron chi connectivity index (χ3n) is 4.47. The van der Waals surface area contributed by atoms with Crippen molar-refractivity contribution in [1.29, 1.82) is 0 Å². The number of piperidine rings is 1. The largest absolute Gasteiger partial charge is 0.326 e. The first-order valence-corrected chi connectivity index (χ1v) is 9.73. The molecule has 1 saturated heterocycles. The van der Waals surface area contributed by atoms with E-state index in [4.69, 9.17) is 0 Å². The van der Waals surface area contributed by atoms with Crippen LogP contribution in [-0.4, -0.2) is 31.7 Å². The van der Waals surface area contributed by atoms with Crippen molar-refractivity contribution in [3.05, 3.63) is 59.9 Å². The molecule has 0 saturated carbocycles. The SMILES string of the molecule is O=C(Nc1ccc(F)c(F)c1)C1CCN(S(=O)(=O)c2ccccc2F)CC1. The van der Waals surface area contributed by atoms with Gasteiger partial charge in [-0.1, -0.05) is 12.1 Å². The van der Waals surface area contributed by atoms with E-state index < -0.39 is 44.2 Å². The van der Waals surface area contributed by atoms with Crippen molar-refractivity contribution < 1.29 is 26.4 Å². The molecule has 9 heteroatoms. The van der Waals surface area contributed by atoms with Crippen LogP contribution in [0.2, 0.25) is 0 Å². The highest BCUT2D eigenvalue weighted by Gasteiger charge is 2.33. The average molecular weight is 398 g/mol. The molecule has 1 N–H and O–H groups in total. The summed E-state index contributed by atoms with van der Waals surface area (Å²) in [5.74, 6) is -3.79. The number of carbonyl (C=O) groups excluding carboxylic acids is 1. The summed E-state index contributed by atoms with van der Waals surface area (Å²) >= 11 is 0. The van der Waals surface area contributed by atoms with E-state index in [0.717, 1.165) is 22.5 Å². The van der Waals surface area contributed by atoms with Crippen LogP contribution in [0.1, 0.15) is 12.8 Å². The molecule has 0 unspecified atom stereocenters. The third-order valence-corrected chi connectivity index (χ3v) is 6.40. The average Bonchev–Trinajstić information content (AvgIpc) is 2.65. The lowest BCUT2D eigenvalue weighted by atomic mass is 9.97. The number of amides is 1. The number of halogens is 3. The van der Waals surface area contributed by atoms with E-state index >= 15 is 0 Å². The normalized spacial score (nSPS) is 16.3. The molecule has 2 aromatic carbocycles. The molecule has 0 spiro atoms. The van der Waals surface area contributed by atoms with Gasteiger partial charge in [0.1, 0.15) is 10.7 Å². The molecule has 1 fully saturated rings. The number of nitrogens with one attached hydrogen (secondary N) is 1. The number of carbonyl (C=O) groups is 1. The zero-order chi connectivity index (χ0) is 19.6. The number of nitrogens with zero attached hydrogens (tertiary/aromatic N) is 1. The maximum absolute atomic E-state index is 13.8. The van der Waals surface area contributed by atoms with Gasteiger partial charge in [-0.3, -0.25) is 4.79 Å². The van der Waals surface area contributed by atoms with Gasteiger partial charge in [-0.05, 0) is 37.1 Å². The van der Waals surface area contributed by atoms with Crippen LogP contribution in [0.25, 0.3) is 0 Å². The van der Waals surface area contributed by atoms with Crippen molar-refractivity contribution in [1.82, 2.24) is 4.31 Å². The van der Waals surface area contributed by atoms with Gasteiger partial charge in [0.05, 0.1) is 0 Å². The summed E-state index contributed by atoms with van der Waals surface area (Å²) in [6.07, 6.45) is 0.479. The van der Waals surface area contributed by atoms with Crippen LogP contribution in [0.3, 0.4) is 0 Å². The van der Waals surface area contributed by atoms with Crippen molar-refractivity contribution in [3.63, 3.8) is 0 Å². The number of rotatable bonds is 4. The minimum Gasteiger partial charge on any atom is -0.326 e. The monoisotopic (exact) mass is 398 g/mol. The number of sulfonamides is 1. The van der Waals surface area contributed by atoms with E-state index in [-0.39, 0.29) is 31.6 Å². The van der Waals surface area contributed by atoms with Gasteiger partial charge in [0.2, 0.25) is 15.9 Å². The minimum atomic E-state index is -3.98. The van der Waals surface area contributed by atoms with Gasteiger partial charge in [-0.25, -0.2) is 21.6 Å². The molecule has 1 amide bonds. The molecule has 0 aliphatic carbocycles. The number of hydrogen-bond donors (Lipinski definition) is 1. The van der Waals surface area contributed by atoms with Gasteiger partial charge in [-0.2, -0.15) is 4.31 Å². The first-order chi connectivity index (χ1) is 12.8. The van der Waals surface area contributed by atoms with Crippen LogP contribution in [0, 0.1) is 23.4 Å². The molecule has 0 atom stereocenters. The van der Waals surface area contributed by atoms with Crippen LogP contribution in [0.5, 0.6) is 0 Å². The number of anilines is 1. The van der Waals surface area contributed by atoms with Gasteiger partial charge < -0.3 is 5.32 Å². The molecule has 5 nitrogen and oxygen atoms in total. The fourth-order valence-corrected chi connectivity index (χ4v) is 4.50.